The molecule has 0 unspecified atom stereocenters. The number of hydrogen-bond acceptors (Lipinski definition) is 1. The van der Waals surface area contributed by atoms with Gasteiger partial charge in [0.2, 0.25) is 0 Å². The molecular weight excluding hydrogens is 160 g/mol. The van der Waals surface area contributed by atoms with Crippen molar-refractivity contribution in [2.24, 2.45) is 5.41 Å². The van der Waals surface area contributed by atoms with Crippen LogP contribution >= 0.6 is 0 Å². The van der Waals surface area contributed by atoms with Gasteiger partial charge in [0.15, 0.2) is 0 Å². The van der Waals surface area contributed by atoms with Crippen molar-refractivity contribution in [2.75, 3.05) is 0 Å². The van der Waals surface area contributed by atoms with Gasteiger partial charge >= 0.3 is 0 Å². The molecular formula is C12H18O. The van der Waals surface area contributed by atoms with Crippen LogP contribution in [0.15, 0.2) is 36.5 Å². The molecule has 0 saturated heterocycles. The summed E-state index contributed by atoms with van der Waals surface area (Å²) in [5.74, 6) is 0.142. The van der Waals surface area contributed by atoms with Gasteiger partial charge in [0.1, 0.15) is 5.78 Å². The molecule has 0 aliphatic carbocycles. The highest BCUT2D eigenvalue weighted by Gasteiger charge is 2.28. The fraction of sp³-hybridized carbons (Fsp3) is 0.417. The van der Waals surface area contributed by atoms with Gasteiger partial charge in [-0.2, -0.15) is 0 Å². The number of rotatable bonds is 4. The summed E-state index contributed by atoms with van der Waals surface area (Å²) in [5.41, 5.74) is 1.41. The number of allylic oxidation sites excluding steroid dienone is 4. The fourth-order valence-corrected chi connectivity index (χ4v) is 1.19. The monoisotopic (exact) mass is 178 g/mol. The van der Waals surface area contributed by atoms with Crippen LogP contribution in [0, 0.1) is 5.41 Å². The summed E-state index contributed by atoms with van der Waals surface area (Å²) < 4.78 is 0. The highest BCUT2D eigenvalue weighted by Crippen LogP contribution is 2.31. The van der Waals surface area contributed by atoms with E-state index >= 15 is 0 Å². The number of Topliss-reactive ketones (excluding diaryl/α,β-unsaturated/α-hetero) is 1. The van der Waals surface area contributed by atoms with Gasteiger partial charge in [0, 0.05) is 5.41 Å². The quantitative estimate of drug-likeness (QED) is 0.604. The lowest BCUT2D eigenvalue weighted by Gasteiger charge is -2.25. The molecule has 0 aromatic carbocycles. The van der Waals surface area contributed by atoms with Crippen LogP contribution in [0.1, 0.15) is 27.7 Å². The molecule has 72 valence electrons. The zero-order valence-electron chi connectivity index (χ0n) is 8.98. The molecule has 13 heavy (non-hydrogen) atoms. The van der Waals surface area contributed by atoms with E-state index < -0.39 is 5.41 Å². The highest BCUT2D eigenvalue weighted by atomic mass is 16.1. The van der Waals surface area contributed by atoms with Crippen molar-refractivity contribution in [2.45, 2.75) is 27.7 Å². The maximum atomic E-state index is 11.4. The van der Waals surface area contributed by atoms with Crippen LogP contribution in [-0.2, 0) is 4.79 Å². The van der Waals surface area contributed by atoms with Gasteiger partial charge in [-0.1, -0.05) is 30.9 Å². The van der Waals surface area contributed by atoms with E-state index in [1.807, 2.05) is 26.8 Å². The van der Waals surface area contributed by atoms with E-state index in [0.717, 1.165) is 11.1 Å². The second-order valence-electron chi connectivity index (χ2n) is 3.78. The molecule has 0 heterocycles. The third-order valence-corrected chi connectivity index (χ3v) is 2.30. The summed E-state index contributed by atoms with van der Waals surface area (Å²) in [6.07, 6.45) is 3.54. The summed E-state index contributed by atoms with van der Waals surface area (Å²) in [6, 6.07) is 0. The zero-order chi connectivity index (χ0) is 10.6. The van der Waals surface area contributed by atoms with Gasteiger partial charge in [0.25, 0.3) is 0 Å². The molecule has 0 aromatic heterocycles. The van der Waals surface area contributed by atoms with E-state index in [2.05, 4.69) is 13.2 Å². The van der Waals surface area contributed by atoms with Crippen LogP contribution in [0.4, 0.5) is 0 Å². The zero-order valence-corrected chi connectivity index (χ0v) is 8.98. The van der Waals surface area contributed by atoms with Crippen molar-refractivity contribution in [3.8, 4) is 0 Å². The molecule has 0 N–H and O–H groups in total. The SMILES string of the molecule is C=C/C=C(\C(=C)C)C(C)(C)C(C)=O. The second kappa shape index (κ2) is 4.22. The Labute approximate surface area is 80.8 Å². The Morgan fingerprint density at radius 2 is 1.77 bits per heavy atom. The van der Waals surface area contributed by atoms with Gasteiger partial charge in [-0.25, -0.2) is 0 Å². The third-order valence-electron chi connectivity index (χ3n) is 2.30. The largest absolute Gasteiger partial charge is 0.299 e. The average molecular weight is 178 g/mol. The lowest BCUT2D eigenvalue weighted by Crippen LogP contribution is -2.24. The van der Waals surface area contributed by atoms with E-state index in [1.54, 1.807) is 13.0 Å². The first-order chi connectivity index (χ1) is 5.84. The standard InChI is InChI=1S/C12H18O/c1-7-8-11(9(2)3)12(5,6)10(4)13/h7-8H,1-2H2,3-6H3/b11-8+. The maximum Gasteiger partial charge on any atom is 0.139 e. The Bertz CT molecular complexity index is 267. The smallest absolute Gasteiger partial charge is 0.139 e. The minimum atomic E-state index is -0.458. The first-order valence-corrected chi connectivity index (χ1v) is 4.34. The maximum absolute atomic E-state index is 11.4. The molecule has 0 saturated carbocycles. The summed E-state index contributed by atoms with van der Waals surface area (Å²) >= 11 is 0. The van der Waals surface area contributed by atoms with Crippen LogP contribution in [-0.4, -0.2) is 5.78 Å². The van der Waals surface area contributed by atoms with Crippen molar-refractivity contribution in [1.29, 1.82) is 0 Å². The molecule has 0 atom stereocenters. The minimum Gasteiger partial charge on any atom is -0.299 e. The van der Waals surface area contributed by atoms with Crippen molar-refractivity contribution >= 4 is 5.78 Å². The normalized spacial score (nSPS) is 12.5. The number of ketones is 1. The molecule has 0 aliphatic heterocycles. The number of carbonyl (C=O) groups is 1. The Hall–Kier alpha value is -1.11. The molecule has 0 fully saturated rings. The molecule has 1 heteroatoms. The van der Waals surface area contributed by atoms with Crippen LogP contribution < -0.4 is 0 Å². The van der Waals surface area contributed by atoms with E-state index in [4.69, 9.17) is 0 Å². The highest BCUT2D eigenvalue weighted by molar-refractivity contribution is 5.86. The molecule has 0 bridgehead atoms. The van der Waals surface area contributed by atoms with Crippen molar-refractivity contribution < 1.29 is 4.79 Å². The topological polar surface area (TPSA) is 17.1 Å². The Kier molecular flexibility index (Phi) is 3.86. The van der Waals surface area contributed by atoms with E-state index in [1.165, 1.54) is 0 Å². The Balaban J connectivity index is 5.19. The number of hydrogen-bond donors (Lipinski definition) is 0. The van der Waals surface area contributed by atoms with Gasteiger partial charge in [-0.15, -0.1) is 0 Å². The molecule has 0 amide bonds. The lowest BCUT2D eigenvalue weighted by molar-refractivity contribution is -0.123. The summed E-state index contributed by atoms with van der Waals surface area (Å²) in [5, 5.41) is 0. The molecule has 0 aliphatic rings. The van der Waals surface area contributed by atoms with Crippen molar-refractivity contribution in [3.05, 3.63) is 36.5 Å². The molecule has 0 rings (SSSR count). The second-order valence-corrected chi connectivity index (χ2v) is 3.78. The molecule has 0 aromatic rings. The molecule has 1 nitrogen and oxygen atoms in total. The summed E-state index contributed by atoms with van der Waals surface area (Å²) in [7, 11) is 0. The predicted molar refractivity (Wildman–Crippen MR) is 57.6 cm³/mol. The minimum absolute atomic E-state index is 0.142. The summed E-state index contributed by atoms with van der Waals surface area (Å²) in [4.78, 5) is 11.4. The number of carbonyl (C=O) groups excluding carboxylic acids is 1. The average Bonchev–Trinajstić information content (AvgIpc) is 1.98. The van der Waals surface area contributed by atoms with Crippen LogP contribution in [0.5, 0.6) is 0 Å². The molecule has 0 radical (unpaired) electrons. The Morgan fingerprint density at radius 3 is 2.00 bits per heavy atom. The Morgan fingerprint density at radius 1 is 1.31 bits per heavy atom. The van der Waals surface area contributed by atoms with Gasteiger partial charge in [-0.3, -0.25) is 4.79 Å². The van der Waals surface area contributed by atoms with E-state index in [9.17, 15) is 4.79 Å². The lowest BCUT2D eigenvalue weighted by atomic mass is 9.77. The first kappa shape index (κ1) is 11.9. The summed E-state index contributed by atoms with van der Waals surface area (Å²) in [6.45, 7) is 14.8. The van der Waals surface area contributed by atoms with Crippen LogP contribution in [0.25, 0.3) is 0 Å². The van der Waals surface area contributed by atoms with Crippen LogP contribution in [0.3, 0.4) is 0 Å². The molecule has 0 spiro atoms. The fourth-order valence-electron chi connectivity index (χ4n) is 1.19. The van der Waals surface area contributed by atoms with Gasteiger partial charge in [0.05, 0.1) is 0 Å². The van der Waals surface area contributed by atoms with Crippen molar-refractivity contribution in [1.82, 2.24) is 0 Å². The van der Waals surface area contributed by atoms with Gasteiger partial charge < -0.3 is 0 Å². The van der Waals surface area contributed by atoms with Crippen molar-refractivity contribution in [3.63, 3.8) is 0 Å². The van der Waals surface area contributed by atoms with Crippen LogP contribution in [0.2, 0.25) is 0 Å². The van der Waals surface area contributed by atoms with E-state index in [0.29, 0.717) is 0 Å². The van der Waals surface area contributed by atoms with Gasteiger partial charge in [-0.05, 0) is 33.3 Å². The third kappa shape index (κ3) is 2.69. The predicted octanol–water partition coefficient (Wildman–Crippen LogP) is 3.29. The first-order valence-electron chi connectivity index (χ1n) is 4.34. The van der Waals surface area contributed by atoms with E-state index in [-0.39, 0.29) is 5.78 Å².